The molecule has 3 aromatic rings. The van der Waals surface area contributed by atoms with Crippen molar-refractivity contribution in [2.45, 2.75) is 26.5 Å². The van der Waals surface area contributed by atoms with E-state index in [2.05, 4.69) is 15.9 Å². The van der Waals surface area contributed by atoms with Gasteiger partial charge in [0.05, 0.1) is 40.2 Å². The van der Waals surface area contributed by atoms with Gasteiger partial charge in [0.25, 0.3) is 5.91 Å². The number of hydrogen-bond acceptors (Lipinski definition) is 7. The van der Waals surface area contributed by atoms with E-state index < -0.39 is 18.0 Å². The van der Waals surface area contributed by atoms with Gasteiger partial charge in [-0.1, -0.05) is 28.1 Å². The predicted molar refractivity (Wildman–Crippen MR) is 152 cm³/mol. The molecule has 0 bridgehead atoms. The van der Waals surface area contributed by atoms with Gasteiger partial charge < -0.3 is 29.0 Å². The van der Waals surface area contributed by atoms with Crippen molar-refractivity contribution in [3.05, 3.63) is 93.5 Å². The average molecular weight is 598 g/mol. The first-order valence-corrected chi connectivity index (χ1v) is 13.0. The van der Waals surface area contributed by atoms with Crippen LogP contribution in [0.3, 0.4) is 0 Å². The molecule has 0 aliphatic heterocycles. The fourth-order valence-electron chi connectivity index (χ4n) is 4.16. The summed E-state index contributed by atoms with van der Waals surface area (Å²) in [5, 5.41) is 11.6. The number of amides is 1. The Balaban J connectivity index is 2.15. The highest BCUT2D eigenvalue weighted by molar-refractivity contribution is 9.10. The molecule has 206 valence electrons. The zero-order valence-electron chi connectivity index (χ0n) is 22.6. The zero-order chi connectivity index (χ0) is 28.5. The topological polar surface area (TPSA) is 94.5 Å². The van der Waals surface area contributed by atoms with E-state index in [0.29, 0.717) is 39.6 Å². The first kappa shape index (κ1) is 29.7. The number of halogens is 1. The molecule has 0 saturated carbocycles. The Morgan fingerprint density at radius 3 is 2.36 bits per heavy atom. The van der Waals surface area contributed by atoms with Crippen molar-refractivity contribution in [1.29, 1.82) is 0 Å². The number of aliphatic hydroxyl groups excluding tert-OH is 1. The molecule has 0 radical (unpaired) electrons. The summed E-state index contributed by atoms with van der Waals surface area (Å²) in [5.41, 5.74) is 3.02. The van der Waals surface area contributed by atoms with Crippen molar-refractivity contribution in [2.24, 2.45) is 0 Å². The lowest BCUT2D eigenvalue weighted by Crippen LogP contribution is -2.30. The Morgan fingerprint density at radius 1 is 0.949 bits per heavy atom. The van der Waals surface area contributed by atoms with Crippen LogP contribution in [0.1, 0.15) is 35.3 Å². The highest BCUT2D eigenvalue weighted by atomic mass is 79.9. The third kappa shape index (κ3) is 7.19. The SMILES string of the molecule is CCOC(=O)C=CC(=O)N(Cc1ccc(OC)cc1OC)c1ccc(Br)cc1C(O)c1cccc(OC)c1C. The molecular weight excluding hydrogens is 566 g/mol. The van der Waals surface area contributed by atoms with Crippen LogP contribution >= 0.6 is 15.9 Å². The van der Waals surface area contributed by atoms with Crippen LogP contribution in [-0.2, 0) is 20.9 Å². The average Bonchev–Trinajstić information content (AvgIpc) is 2.94. The molecule has 0 aromatic heterocycles. The van der Waals surface area contributed by atoms with Crippen LogP contribution in [0.25, 0.3) is 0 Å². The fourth-order valence-corrected chi connectivity index (χ4v) is 4.54. The maximum atomic E-state index is 13.6. The summed E-state index contributed by atoms with van der Waals surface area (Å²) in [6.07, 6.45) is 1.16. The summed E-state index contributed by atoms with van der Waals surface area (Å²) >= 11 is 3.49. The van der Waals surface area contributed by atoms with E-state index in [9.17, 15) is 14.7 Å². The van der Waals surface area contributed by atoms with Crippen molar-refractivity contribution in [3.8, 4) is 17.2 Å². The first-order valence-electron chi connectivity index (χ1n) is 12.2. The summed E-state index contributed by atoms with van der Waals surface area (Å²) in [7, 11) is 4.66. The molecule has 39 heavy (non-hydrogen) atoms. The van der Waals surface area contributed by atoms with Gasteiger partial charge in [-0.15, -0.1) is 0 Å². The monoisotopic (exact) mass is 597 g/mol. The number of aliphatic hydroxyl groups is 1. The molecule has 8 nitrogen and oxygen atoms in total. The molecule has 0 aliphatic rings. The van der Waals surface area contributed by atoms with Crippen molar-refractivity contribution >= 4 is 33.5 Å². The molecule has 0 spiro atoms. The molecule has 9 heteroatoms. The van der Waals surface area contributed by atoms with E-state index in [1.54, 1.807) is 63.6 Å². The maximum Gasteiger partial charge on any atom is 0.330 e. The van der Waals surface area contributed by atoms with Crippen LogP contribution in [0.4, 0.5) is 5.69 Å². The number of carbonyl (C=O) groups excluding carboxylic acids is 2. The minimum absolute atomic E-state index is 0.0810. The Hall–Kier alpha value is -3.82. The van der Waals surface area contributed by atoms with Gasteiger partial charge in [0.15, 0.2) is 0 Å². The highest BCUT2D eigenvalue weighted by Gasteiger charge is 2.25. The van der Waals surface area contributed by atoms with Gasteiger partial charge in [-0.2, -0.15) is 0 Å². The van der Waals surface area contributed by atoms with E-state index >= 15 is 0 Å². The highest BCUT2D eigenvalue weighted by Crippen LogP contribution is 2.38. The Morgan fingerprint density at radius 2 is 1.69 bits per heavy atom. The summed E-state index contributed by atoms with van der Waals surface area (Å²) in [6, 6.07) is 16.0. The number of carbonyl (C=O) groups is 2. The summed E-state index contributed by atoms with van der Waals surface area (Å²) < 4.78 is 22.0. The molecule has 0 heterocycles. The van der Waals surface area contributed by atoms with E-state index in [4.69, 9.17) is 18.9 Å². The zero-order valence-corrected chi connectivity index (χ0v) is 24.2. The number of anilines is 1. The molecular formula is C30H32BrNO7. The number of nitrogens with zero attached hydrogens (tertiary/aromatic N) is 1. The van der Waals surface area contributed by atoms with Gasteiger partial charge in [0, 0.05) is 33.8 Å². The largest absolute Gasteiger partial charge is 0.497 e. The second-order valence-electron chi connectivity index (χ2n) is 8.47. The lowest BCUT2D eigenvalue weighted by Gasteiger charge is -2.28. The van der Waals surface area contributed by atoms with Gasteiger partial charge in [0.1, 0.15) is 23.4 Å². The third-order valence-corrected chi connectivity index (χ3v) is 6.65. The Bertz CT molecular complexity index is 1360. The molecule has 1 atom stereocenters. The summed E-state index contributed by atoms with van der Waals surface area (Å²) in [5.74, 6) is 0.639. The normalized spacial score (nSPS) is 11.7. The standard InChI is InChI=1S/C30H32BrNO7/c1-6-39-29(34)15-14-28(33)32(18-20-10-12-22(36-3)17-27(20)38-5)25-13-11-21(31)16-24(25)30(35)23-8-7-9-26(37-4)19(23)2/h7-17,30,35H,6,18H2,1-5H3. The van der Waals surface area contributed by atoms with Gasteiger partial charge in [0.2, 0.25) is 0 Å². The molecule has 0 saturated heterocycles. The molecule has 3 rings (SSSR count). The van der Waals surface area contributed by atoms with E-state index in [1.165, 1.54) is 12.0 Å². The van der Waals surface area contributed by atoms with Crippen molar-refractivity contribution in [1.82, 2.24) is 0 Å². The van der Waals surface area contributed by atoms with Crippen molar-refractivity contribution in [3.63, 3.8) is 0 Å². The van der Waals surface area contributed by atoms with E-state index in [0.717, 1.165) is 22.2 Å². The second kappa shape index (κ2) is 13.8. The number of rotatable bonds is 11. The van der Waals surface area contributed by atoms with E-state index in [1.807, 2.05) is 19.1 Å². The molecule has 0 fully saturated rings. The Labute approximate surface area is 236 Å². The number of esters is 1. The van der Waals surface area contributed by atoms with Gasteiger partial charge in [-0.05, 0) is 61.4 Å². The lowest BCUT2D eigenvalue weighted by molar-refractivity contribution is -0.137. The van der Waals surface area contributed by atoms with Crippen LogP contribution in [0.15, 0.2) is 71.2 Å². The molecule has 3 aromatic carbocycles. The smallest absolute Gasteiger partial charge is 0.330 e. The maximum absolute atomic E-state index is 13.6. The van der Waals surface area contributed by atoms with Crippen LogP contribution in [0.2, 0.25) is 0 Å². The van der Waals surface area contributed by atoms with Crippen LogP contribution < -0.4 is 19.1 Å². The lowest BCUT2D eigenvalue weighted by atomic mass is 9.95. The van der Waals surface area contributed by atoms with E-state index in [-0.39, 0.29) is 13.2 Å². The number of hydrogen-bond donors (Lipinski definition) is 1. The molecule has 0 aliphatic carbocycles. The van der Waals surface area contributed by atoms with Gasteiger partial charge >= 0.3 is 5.97 Å². The second-order valence-corrected chi connectivity index (χ2v) is 9.38. The molecule has 1 N–H and O–H groups in total. The fraction of sp³-hybridized carbons (Fsp3) is 0.267. The van der Waals surface area contributed by atoms with Crippen molar-refractivity contribution in [2.75, 3.05) is 32.8 Å². The van der Waals surface area contributed by atoms with Crippen LogP contribution in [-0.4, -0.2) is 44.9 Å². The molecule has 1 unspecified atom stereocenters. The quantitative estimate of drug-likeness (QED) is 0.230. The summed E-state index contributed by atoms with van der Waals surface area (Å²) in [6.45, 7) is 3.82. The minimum atomic E-state index is -1.09. The predicted octanol–water partition coefficient (Wildman–Crippen LogP) is 5.52. The first-order chi connectivity index (χ1) is 18.7. The molecule has 1 amide bonds. The minimum Gasteiger partial charge on any atom is -0.497 e. The summed E-state index contributed by atoms with van der Waals surface area (Å²) in [4.78, 5) is 27.0. The van der Waals surface area contributed by atoms with Crippen LogP contribution in [0, 0.1) is 6.92 Å². The number of benzene rings is 3. The van der Waals surface area contributed by atoms with Gasteiger partial charge in [-0.3, -0.25) is 4.79 Å². The Kier molecular flexibility index (Phi) is 10.5. The third-order valence-electron chi connectivity index (χ3n) is 6.15. The number of methoxy groups -OCH3 is 3. The van der Waals surface area contributed by atoms with Crippen LogP contribution in [0.5, 0.6) is 17.2 Å². The van der Waals surface area contributed by atoms with Crippen molar-refractivity contribution < 1.29 is 33.6 Å². The van der Waals surface area contributed by atoms with Gasteiger partial charge in [-0.25, -0.2) is 4.79 Å². The number of ether oxygens (including phenoxy) is 4.